The fourth-order valence-corrected chi connectivity index (χ4v) is 6.92. The van der Waals surface area contributed by atoms with Gasteiger partial charge in [-0.2, -0.15) is 10.2 Å². The van der Waals surface area contributed by atoms with Gasteiger partial charge in [0.2, 0.25) is 10.0 Å². The first-order chi connectivity index (χ1) is 21.1. The summed E-state index contributed by atoms with van der Waals surface area (Å²) in [6, 6.07) is 40.5. The molecule has 0 radical (unpaired) electrons. The number of para-hydroxylation sites is 1. The highest BCUT2D eigenvalue weighted by atomic mass is 32.2. The molecular formula is C35H28N4O3S. The Balaban J connectivity index is 1.52. The largest absolute Gasteiger partial charge is 0.497 e. The van der Waals surface area contributed by atoms with Gasteiger partial charge in [-0.25, -0.2) is 14.8 Å². The van der Waals surface area contributed by atoms with Gasteiger partial charge >= 0.3 is 5.97 Å². The molecule has 0 fully saturated rings. The van der Waals surface area contributed by atoms with Crippen molar-refractivity contribution >= 4 is 50.6 Å². The summed E-state index contributed by atoms with van der Waals surface area (Å²) < 4.78 is 10.9. The van der Waals surface area contributed by atoms with Gasteiger partial charge < -0.3 is 9.47 Å². The number of thioether (sulfide) groups is 1. The van der Waals surface area contributed by atoms with E-state index in [1.54, 1.807) is 14.0 Å². The zero-order valence-electron chi connectivity index (χ0n) is 23.7. The highest BCUT2D eigenvalue weighted by Gasteiger charge is 2.56. The van der Waals surface area contributed by atoms with Crippen LogP contribution in [0.2, 0.25) is 0 Å². The first kappa shape index (κ1) is 26.8. The third kappa shape index (κ3) is 4.42. The number of benzene rings is 5. The van der Waals surface area contributed by atoms with Gasteiger partial charge in [-0.15, -0.1) is 0 Å². The number of carbonyl (C=O) groups is 1. The second kappa shape index (κ2) is 11.0. The van der Waals surface area contributed by atoms with Crippen LogP contribution in [0, 0.1) is 0 Å². The maximum absolute atomic E-state index is 13.3. The quantitative estimate of drug-likeness (QED) is 0.194. The van der Waals surface area contributed by atoms with E-state index in [-0.39, 0.29) is 11.7 Å². The predicted molar refractivity (Wildman–Crippen MR) is 174 cm³/mol. The summed E-state index contributed by atoms with van der Waals surface area (Å²) in [7, 11) is 1.64. The molecule has 2 heterocycles. The van der Waals surface area contributed by atoms with Crippen LogP contribution in [0.1, 0.15) is 23.6 Å². The van der Waals surface area contributed by atoms with E-state index >= 15 is 0 Å². The first-order valence-electron chi connectivity index (χ1n) is 14.0. The SMILES string of the molecule is CCOC(=O)C1=NN(c2ccc(OC)cc2)[C@@]2(S1)c1ccccc1C(c1cccc3ccccc13)=NN2c1ccccc1. The first-order valence-corrected chi connectivity index (χ1v) is 14.9. The fourth-order valence-electron chi connectivity index (χ4n) is 5.63. The molecule has 7 nitrogen and oxygen atoms in total. The van der Waals surface area contributed by atoms with Gasteiger partial charge in [-0.3, -0.25) is 0 Å². The van der Waals surface area contributed by atoms with Crippen molar-refractivity contribution in [3.8, 4) is 5.75 Å². The number of ether oxygens (including phenoxy) is 2. The van der Waals surface area contributed by atoms with Crippen molar-refractivity contribution in [3.63, 3.8) is 0 Å². The number of methoxy groups -OCH3 is 1. The van der Waals surface area contributed by atoms with Crippen LogP contribution in [0.4, 0.5) is 11.4 Å². The Kier molecular flexibility index (Phi) is 6.83. The van der Waals surface area contributed by atoms with E-state index in [1.165, 1.54) is 11.8 Å². The van der Waals surface area contributed by atoms with Crippen LogP contribution in [-0.2, 0) is 14.5 Å². The molecule has 8 heteroatoms. The van der Waals surface area contributed by atoms with Crippen molar-refractivity contribution in [3.05, 3.63) is 138 Å². The monoisotopic (exact) mass is 584 g/mol. The maximum atomic E-state index is 13.3. The van der Waals surface area contributed by atoms with Gasteiger partial charge in [-0.1, -0.05) is 84.9 Å². The zero-order chi connectivity index (χ0) is 29.4. The van der Waals surface area contributed by atoms with Crippen LogP contribution in [0.5, 0.6) is 5.75 Å². The van der Waals surface area contributed by atoms with E-state index in [2.05, 4.69) is 48.5 Å². The Labute approximate surface area is 254 Å². The topological polar surface area (TPSA) is 66.7 Å². The highest BCUT2D eigenvalue weighted by molar-refractivity contribution is 8.16. The second-order valence-corrected chi connectivity index (χ2v) is 11.2. The molecular weight excluding hydrogens is 556 g/mol. The van der Waals surface area contributed by atoms with E-state index in [1.807, 2.05) is 82.8 Å². The molecule has 2 aliphatic rings. The Bertz CT molecular complexity index is 1890. The molecule has 0 bridgehead atoms. The Hall–Kier alpha value is -5.08. The summed E-state index contributed by atoms with van der Waals surface area (Å²) >= 11 is 1.33. The lowest BCUT2D eigenvalue weighted by Gasteiger charge is -2.47. The average Bonchev–Trinajstić information content (AvgIpc) is 3.46. The number of hydrogen-bond donors (Lipinski definition) is 0. The maximum Gasteiger partial charge on any atom is 0.365 e. The van der Waals surface area contributed by atoms with E-state index in [0.29, 0.717) is 0 Å². The van der Waals surface area contributed by atoms with E-state index in [0.717, 1.165) is 50.3 Å². The van der Waals surface area contributed by atoms with Gasteiger partial charge in [-0.05, 0) is 65.9 Å². The zero-order valence-corrected chi connectivity index (χ0v) is 24.5. The Morgan fingerprint density at radius 3 is 2.19 bits per heavy atom. The summed E-state index contributed by atoms with van der Waals surface area (Å²) in [6.07, 6.45) is 0. The minimum Gasteiger partial charge on any atom is -0.497 e. The average molecular weight is 585 g/mol. The van der Waals surface area contributed by atoms with Crippen molar-refractivity contribution in [1.82, 2.24) is 0 Å². The molecule has 1 spiro atoms. The third-order valence-corrected chi connectivity index (χ3v) is 8.84. The lowest BCUT2D eigenvalue weighted by molar-refractivity contribution is -0.134. The Morgan fingerprint density at radius 1 is 0.744 bits per heavy atom. The van der Waals surface area contributed by atoms with E-state index in [4.69, 9.17) is 19.7 Å². The Morgan fingerprint density at radius 2 is 1.40 bits per heavy atom. The van der Waals surface area contributed by atoms with Crippen molar-refractivity contribution in [2.45, 2.75) is 11.9 Å². The minimum atomic E-state index is -1.08. The molecule has 212 valence electrons. The van der Waals surface area contributed by atoms with Gasteiger partial charge in [0.25, 0.3) is 0 Å². The van der Waals surface area contributed by atoms with Crippen LogP contribution in [0.15, 0.2) is 132 Å². The normalized spacial score (nSPS) is 17.4. The summed E-state index contributed by atoms with van der Waals surface area (Å²) in [5, 5.41) is 16.7. The lowest BCUT2D eigenvalue weighted by Crippen LogP contribution is -2.54. The number of hydrazone groups is 2. The summed E-state index contributed by atoms with van der Waals surface area (Å²) in [5.74, 6) is 0.247. The molecule has 0 unspecified atom stereocenters. The number of rotatable bonds is 6. The molecule has 0 saturated heterocycles. The van der Waals surface area contributed by atoms with E-state index in [9.17, 15) is 4.79 Å². The molecule has 0 N–H and O–H groups in total. The standard InChI is InChI=1S/C35H28N4O3S/c1-3-42-34(40)33-37-39(26-20-22-27(41-2)23-21-26)35(43-33)31-19-10-9-17-30(31)32(36-38(35)25-14-5-4-6-15-25)29-18-11-13-24-12-7-8-16-28(24)29/h4-23H,3H2,1-2H3/t35-/m1/s1. The van der Waals surface area contributed by atoms with Gasteiger partial charge in [0.15, 0.2) is 0 Å². The lowest BCUT2D eigenvalue weighted by atomic mass is 9.91. The summed E-state index contributed by atoms with van der Waals surface area (Å²) in [6.45, 7) is 2.04. The molecule has 0 aromatic heterocycles. The van der Waals surface area contributed by atoms with Crippen LogP contribution >= 0.6 is 11.8 Å². The summed E-state index contributed by atoms with van der Waals surface area (Å²) in [5.41, 5.74) is 5.37. The smallest absolute Gasteiger partial charge is 0.365 e. The number of fused-ring (bicyclic) bond motifs is 3. The molecule has 2 aliphatic heterocycles. The fraction of sp³-hybridized carbons (Fsp3) is 0.114. The van der Waals surface area contributed by atoms with Gasteiger partial charge in [0, 0.05) is 16.7 Å². The summed E-state index contributed by atoms with van der Waals surface area (Å²) in [4.78, 5) is 12.2. The van der Waals surface area contributed by atoms with Crippen LogP contribution in [0.25, 0.3) is 10.8 Å². The molecule has 5 aromatic rings. The van der Waals surface area contributed by atoms with Gasteiger partial charge in [0.05, 0.1) is 30.8 Å². The molecule has 0 saturated carbocycles. The predicted octanol–water partition coefficient (Wildman–Crippen LogP) is 7.36. The third-order valence-electron chi connectivity index (χ3n) is 7.55. The van der Waals surface area contributed by atoms with E-state index < -0.39 is 11.0 Å². The van der Waals surface area contributed by atoms with Crippen molar-refractivity contribution in [2.75, 3.05) is 23.7 Å². The molecule has 0 aliphatic carbocycles. The number of esters is 1. The highest BCUT2D eigenvalue weighted by Crippen LogP contribution is 2.55. The molecule has 0 amide bonds. The molecule has 1 atom stereocenters. The van der Waals surface area contributed by atoms with Crippen molar-refractivity contribution < 1.29 is 14.3 Å². The van der Waals surface area contributed by atoms with Crippen molar-refractivity contribution in [2.24, 2.45) is 10.2 Å². The van der Waals surface area contributed by atoms with Gasteiger partial charge in [0.1, 0.15) is 5.75 Å². The number of hydrogen-bond acceptors (Lipinski definition) is 8. The molecule has 43 heavy (non-hydrogen) atoms. The number of nitrogens with zero attached hydrogens (tertiary/aromatic N) is 4. The number of anilines is 2. The number of carbonyl (C=O) groups excluding carboxylic acids is 1. The molecule has 5 aromatic carbocycles. The molecule has 7 rings (SSSR count). The second-order valence-electron chi connectivity index (χ2n) is 10.0. The van der Waals surface area contributed by atoms with Crippen molar-refractivity contribution in [1.29, 1.82) is 0 Å². The minimum absolute atomic E-state index is 0.246. The van der Waals surface area contributed by atoms with Crippen LogP contribution in [0.3, 0.4) is 0 Å². The van der Waals surface area contributed by atoms with Crippen LogP contribution in [-0.4, -0.2) is 30.4 Å². The van der Waals surface area contributed by atoms with Crippen LogP contribution < -0.4 is 14.8 Å².